The maximum atomic E-state index is 12.2. The normalized spacial score (nSPS) is 31.2. The second kappa shape index (κ2) is 5.95. The number of aliphatic carboxylic acids is 1. The third-order valence-corrected chi connectivity index (χ3v) is 4.79. The first-order valence-corrected chi connectivity index (χ1v) is 8.07. The molecule has 1 amide bonds. The maximum Gasteiger partial charge on any atom is 0.326 e. The molecule has 0 aromatic carbocycles. The summed E-state index contributed by atoms with van der Waals surface area (Å²) in [6, 6.07) is -0.387. The van der Waals surface area contributed by atoms with Crippen LogP contribution in [-0.4, -0.2) is 46.0 Å². The second-order valence-electron chi connectivity index (χ2n) is 5.25. The number of thioether (sulfide) groups is 1. The Hall–Kier alpha value is -0.710. The molecule has 102 valence electrons. The fourth-order valence-corrected chi connectivity index (χ4v) is 3.74. The summed E-state index contributed by atoms with van der Waals surface area (Å²) in [6.07, 6.45) is 7.47. The van der Waals surface area contributed by atoms with Crippen LogP contribution in [0, 0.1) is 5.92 Å². The van der Waals surface area contributed by atoms with E-state index < -0.39 is 12.0 Å². The molecule has 0 aromatic heterocycles. The molecule has 1 heterocycles. The Bertz CT molecular complexity index is 334. The van der Waals surface area contributed by atoms with Crippen LogP contribution in [0.2, 0.25) is 0 Å². The van der Waals surface area contributed by atoms with Crippen LogP contribution in [0.5, 0.6) is 0 Å². The lowest BCUT2D eigenvalue weighted by Crippen LogP contribution is -2.46. The highest BCUT2D eigenvalue weighted by atomic mass is 32.2. The van der Waals surface area contributed by atoms with Crippen molar-refractivity contribution >= 4 is 23.6 Å². The zero-order valence-corrected chi connectivity index (χ0v) is 11.6. The van der Waals surface area contributed by atoms with Crippen LogP contribution in [0.3, 0.4) is 0 Å². The van der Waals surface area contributed by atoms with Gasteiger partial charge in [0.15, 0.2) is 0 Å². The first-order valence-electron chi connectivity index (χ1n) is 6.68. The monoisotopic (exact) mass is 271 g/mol. The van der Waals surface area contributed by atoms with E-state index in [9.17, 15) is 14.7 Å². The summed E-state index contributed by atoms with van der Waals surface area (Å²) in [6.45, 7) is 0. The molecule has 2 aliphatic rings. The van der Waals surface area contributed by atoms with E-state index in [4.69, 9.17) is 0 Å². The third-order valence-electron chi connectivity index (χ3n) is 4.18. The van der Waals surface area contributed by atoms with Gasteiger partial charge in [-0.1, -0.05) is 12.8 Å². The SMILES string of the molecule is CSCCC(=O)N1[C@@H]2CCCC[C@H]2C[C@H]1C(=O)O. The minimum Gasteiger partial charge on any atom is -0.480 e. The lowest BCUT2D eigenvalue weighted by Gasteiger charge is -2.33. The van der Waals surface area contributed by atoms with Crippen molar-refractivity contribution in [1.29, 1.82) is 0 Å². The Morgan fingerprint density at radius 1 is 1.33 bits per heavy atom. The zero-order chi connectivity index (χ0) is 13.1. The third kappa shape index (κ3) is 2.66. The summed E-state index contributed by atoms with van der Waals surface area (Å²) in [7, 11) is 0. The van der Waals surface area contributed by atoms with Crippen molar-refractivity contribution in [2.75, 3.05) is 12.0 Å². The predicted molar refractivity (Wildman–Crippen MR) is 71.6 cm³/mol. The topological polar surface area (TPSA) is 57.6 Å². The Kier molecular flexibility index (Phi) is 4.54. The van der Waals surface area contributed by atoms with Gasteiger partial charge in [0.05, 0.1) is 0 Å². The van der Waals surface area contributed by atoms with Crippen molar-refractivity contribution in [1.82, 2.24) is 4.90 Å². The number of amides is 1. The van der Waals surface area contributed by atoms with Gasteiger partial charge in [-0.25, -0.2) is 4.79 Å². The van der Waals surface area contributed by atoms with E-state index in [1.54, 1.807) is 16.7 Å². The van der Waals surface area contributed by atoms with E-state index in [1.807, 2.05) is 6.26 Å². The Morgan fingerprint density at radius 3 is 2.72 bits per heavy atom. The number of hydrogen-bond acceptors (Lipinski definition) is 3. The van der Waals surface area contributed by atoms with E-state index in [0.29, 0.717) is 18.8 Å². The summed E-state index contributed by atoms with van der Waals surface area (Å²) < 4.78 is 0. The Labute approximate surface area is 112 Å². The molecule has 0 unspecified atom stereocenters. The van der Waals surface area contributed by atoms with Gasteiger partial charge in [0.1, 0.15) is 6.04 Å². The molecule has 2 rings (SSSR count). The Morgan fingerprint density at radius 2 is 2.06 bits per heavy atom. The molecule has 0 bridgehead atoms. The van der Waals surface area contributed by atoms with Gasteiger partial charge >= 0.3 is 5.97 Å². The van der Waals surface area contributed by atoms with Gasteiger partial charge in [-0.2, -0.15) is 11.8 Å². The van der Waals surface area contributed by atoms with Gasteiger partial charge in [-0.15, -0.1) is 0 Å². The van der Waals surface area contributed by atoms with Crippen molar-refractivity contribution in [2.24, 2.45) is 5.92 Å². The molecule has 0 aromatic rings. The van der Waals surface area contributed by atoms with Crippen molar-refractivity contribution in [3.05, 3.63) is 0 Å². The molecule has 1 N–H and O–H groups in total. The minimum absolute atomic E-state index is 0.0335. The number of carboxylic acid groups (broad SMARTS) is 1. The molecule has 18 heavy (non-hydrogen) atoms. The number of rotatable bonds is 4. The summed E-state index contributed by atoms with van der Waals surface area (Å²) in [5.41, 5.74) is 0. The second-order valence-corrected chi connectivity index (χ2v) is 6.23. The lowest BCUT2D eigenvalue weighted by atomic mass is 9.84. The smallest absolute Gasteiger partial charge is 0.326 e. The number of nitrogens with zero attached hydrogens (tertiary/aromatic N) is 1. The van der Waals surface area contributed by atoms with Gasteiger partial charge in [0, 0.05) is 18.2 Å². The van der Waals surface area contributed by atoms with Gasteiger partial charge in [0.25, 0.3) is 0 Å². The predicted octanol–water partition coefficient (Wildman–Crippen LogP) is 1.98. The van der Waals surface area contributed by atoms with Crippen LogP contribution < -0.4 is 0 Å². The molecule has 5 heteroatoms. The number of carbonyl (C=O) groups is 2. The van der Waals surface area contributed by atoms with Crippen LogP contribution in [-0.2, 0) is 9.59 Å². The maximum absolute atomic E-state index is 12.2. The molecule has 1 aliphatic heterocycles. The summed E-state index contributed by atoms with van der Waals surface area (Å²) in [5, 5.41) is 9.31. The molecule has 0 radical (unpaired) electrons. The molecule has 3 atom stereocenters. The number of hydrogen-bond donors (Lipinski definition) is 1. The van der Waals surface area contributed by atoms with Gasteiger partial charge in [-0.05, 0) is 31.4 Å². The number of carboxylic acids is 1. The summed E-state index contributed by atoms with van der Waals surface area (Å²) >= 11 is 1.63. The van der Waals surface area contributed by atoms with Crippen molar-refractivity contribution in [3.8, 4) is 0 Å². The van der Waals surface area contributed by atoms with E-state index in [0.717, 1.165) is 25.0 Å². The summed E-state index contributed by atoms with van der Waals surface area (Å²) in [4.78, 5) is 25.3. The highest BCUT2D eigenvalue weighted by molar-refractivity contribution is 7.98. The van der Waals surface area contributed by atoms with E-state index in [-0.39, 0.29) is 11.9 Å². The van der Waals surface area contributed by atoms with Crippen molar-refractivity contribution in [3.63, 3.8) is 0 Å². The molecule has 1 saturated heterocycles. The number of likely N-dealkylation sites (tertiary alicyclic amines) is 1. The number of fused-ring (bicyclic) bond motifs is 1. The first-order chi connectivity index (χ1) is 8.65. The molecule has 0 spiro atoms. The minimum atomic E-state index is -0.832. The average Bonchev–Trinajstić information content (AvgIpc) is 2.75. The van der Waals surface area contributed by atoms with Gasteiger partial charge in [-0.3, -0.25) is 4.79 Å². The zero-order valence-electron chi connectivity index (χ0n) is 10.8. The van der Waals surface area contributed by atoms with Crippen LogP contribution >= 0.6 is 11.8 Å². The highest BCUT2D eigenvalue weighted by Crippen LogP contribution is 2.40. The van der Waals surface area contributed by atoms with Crippen LogP contribution in [0.4, 0.5) is 0 Å². The van der Waals surface area contributed by atoms with Gasteiger partial charge < -0.3 is 10.0 Å². The fourth-order valence-electron chi connectivity index (χ4n) is 3.36. The summed E-state index contributed by atoms with van der Waals surface area (Å²) in [5.74, 6) is 0.394. The largest absolute Gasteiger partial charge is 0.480 e. The van der Waals surface area contributed by atoms with Gasteiger partial charge in [0.2, 0.25) is 5.91 Å². The first kappa shape index (κ1) is 13.7. The molecular weight excluding hydrogens is 250 g/mol. The Balaban J connectivity index is 2.11. The van der Waals surface area contributed by atoms with E-state index >= 15 is 0 Å². The van der Waals surface area contributed by atoms with Crippen LogP contribution in [0.25, 0.3) is 0 Å². The average molecular weight is 271 g/mol. The molecule has 1 aliphatic carbocycles. The lowest BCUT2D eigenvalue weighted by molar-refractivity contribution is -0.149. The molecule has 2 fully saturated rings. The quantitative estimate of drug-likeness (QED) is 0.849. The van der Waals surface area contributed by atoms with Crippen LogP contribution in [0.1, 0.15) is 38.5 Å². The van der Waals surface area contributed by atoms with Crippen molar-refractivity contribution < 1.29 is 14.7 Å². The standard InChI is InChI=1S/C13H21NO3S/c1-18-7-6-12(15)14-10-5-3-2-4-9(10)8-11(14)13(16)17/h9-11H,2-8H2,1H3,(H,16,17)/t9-,10+,11-/m0/s1. The number of carbonyl (C=O) groups excluding carboxylic acids is 1. The molecule has 1 saturated carbocycles. The van der Waals surface area contributed by atoms with E-state index in [2.05, 4.69) is 0 Å². The molecular formula is C13H21NO3S. The fraction of sp³-hybridized carbons (Fsp3) is 0.846. The van der Waals surface area contributed by atoms with Crippen molar-refractivity contribution in [2.45, 2.75) is 50.6 Å². The highest BCUT2D eigenvalue weighted by Gasteiger charge is 2.47. The van der Waals surface area contributed by atoms with Crippen LogP contribution in [0.15, 0.2) is 0 Å². The molecule has 4 nitrogen and oxygen atoms in total. The van der Waals surface area contributed by atoms with E-state index in [1.165, 1.54) is 6.42 Å².